The third-order valence-corrected chi connectivity index (χ3v) is 3.13. The predicted molar refractivity (Wildman–Crippen MR) is 79.6 cm³/mol. The van der Waals surface area contributed by atoms with E-state index in [1.54, 1.807) is 13.0 Å². The summed E-state index contributed by atoms with van der Waals surface area (Å²) in [7, 11) is 0. The van der Waals surface area contributed by atoms with Gasteiger partial charge < -0.3 is 9.64 Å². The Morgan fingerprint density at radius 3 is 2.52 bits per heavy atom. The van der Waals surface area contributed by atoms with Crippen LogP contribution in [-0.4, -0.2) is 28.0 Å². The number of hydrogen-bond acceptors (Lipinski definition) is 5. The Hall–Kier alpha value is -1.95. The first-order chi connectivity index (χ1) is 10.0. The number of anilines is 1. The van der Waals surface area contributed by atoms with Gasteiger partial charge in [-0.1, -0.05) is 0 Å². The van der Waals surface area contributed by atoms with Gasteiger partial charge in [0.1, 0.15) is 11.6 Å². The summed E-state index contributed by atoms with van der Waals surface area (Å²) in [6.07, 6.45) is 0. The van der Waals surface area contributed by atoms with Crippen molar-refractivity contribution in [2.75, 3.05) is 18.0 Å². The van der Waals surface area contributed by atoms with E-state index in [0.717, 1.165) is 13.1 Å². The molecule has 0 spiro atoms. The molecule has 112 valence electrons. The molecule has 0 atom stereocenters. The third-order valence-electron chi connectivity index (χ3n) is 2.96. The molecule has 0 unspecified atom stereocenters. The average Bonchev–Trinajstić information content (AvgIpc) is 2.44. The minimum absolute atomic E-state index is 0.0562. The molecule has 5 nitrogen and oxygen atoms in total. The van der Waals surface area contributed by atoms with Crippen molar-refractivity contribution in [1.82, 2.24) is 15.0 Å². The lowest BCUT2D eigenvalue weighted by Crippen LogP contribution is -2.24. The number of ether oxygens (including phenoxy) is 1. The van der Waals surface area contributed by atoms with Gasteiger partial charge in [-0.2, -0.15) is 15.0 Å². The van der Waals surface area contributed by atoms with Crippen LogP contribution in [-0.2, 0) is 0 Å². The minimum atomic E-state index is -0.292. The van der Waals surface area contributed by atoms with Crippen LogP contribution in [0.4, 0.5) is 10.3 Å². The summed E-state index contributed by atoms with van der Waals surface area (Å²) in [6.45, 7) is 7.12. The van der Waals surface area contributed by atoms with Crippen molar-refractivity contribution in [1.29, 1.82) is 0 Å². The van der Waals surface area contributed by atoms with Gasteiger partial charge in [0.05, 0.1) is 0 Å². The van der Waals surface area contributed by atoms with Crippen LogP contribution in [0.5, 0.6) is 11.8 Å². The monoisotopic (exact) mass is 310 g/mol. The molecule has 1 aromatic heterocycles. The van der Waals surface area contributed by atoms with Gasteiger partial charge in [0.2, 0.25) is 11.2 Å². The number of aryl methyl sites for hydroxylation is 1. The lowest BCUT2D eigenvalue weighted by atomic mass is 10.2. The molecule has 0 bridgehead atoms. The van der Waals surface area contributed by atoms with Crippen LogP contribution in [0.1, 0.15) is 19.4 Å². The highest BCUT2D eigenvalue weighted by molar-refractivity contribution is 6.28. The van der Waals surface area contributed by atoms with E-state index in [9.17, 15) is 4.39 Å². The van der Waals surface area contributed by atoms with Crippen LogP contribution < -0.4 is 9.64 Å². The van der Waals surface area contributed by atoms with Crippen molar-refractivity contribution < 1.29 is 9.13 Å². The Morgan fingerprint density at radius 1 is 1.19 bits per heavy atom. The lowest BCUT2D eigenvalue weighted by molar-refractivity contribution is 0.437. The van der Waals surface area contributed by atoms with Crippen LogP contribution in [0, 0.1) is 12.7 Å². The topological polar surface area (TPSA) is 51.1 Å². The summed E-state index contributed by atoms with van der Waals surface area (Å²) in [5, 5.41) is 0.0562. The largest absolute Gasteiger partial charge is 0.424 e. The second-order valence-corrected chi connectivity index (χ2v) is 4.71. The van der Waals surface area contributed by atoms with Crippen molar-refractivity contribution in [3.8, 4) is 11.8 Å². The maximum absolute atomic E-state index is 13.2. The van der Waals surface area contributed by atoms with Crippen molar-refractivity contribution in [3.05, 3.63) is 34.9 Å². The summed E-state index contributed by atoms with van der Waals surface area (Å²) >= 11 is 5.90. The van der Waals surface area contributed by atoms with Gasteiger partial charge in [0.15, 0.2) is 0 Å². The second-order valence-electron chi connectivity index (χ2n) is 4.37. The lowest BCUT2D eigenvalue weighted by Gasteiger charge is -2.18. The van der Waals surface area contributed by atoms with Crippen LogP contribution >= 0.6 is 11.6 Å². The maximum Gasteiger partial charge on any atom is 0.328 e. The van der Waals surface area contributed by atoms with E-state index in [1.165, 1.54) is 12.1 Å². The number of nitrogens with zero attached hydrogens (tertiary/aromatic N) is 4. The number of halogens is 2. The molecule has 1 aromatic carbocycles. The second kappa shape index (κ2) is 6.67. The highest BCUT2D eigenvalue weighted by Gasteiger charge is 2.12. The number of hydrogen-bond donors (Lipinski definition) is 0. The van der Waals surface area contributed by atoms with E-state index < -0.39 is 0 Å². The average molecular weight is 311 g/mol. The Kier molecular flexibility index (Phi) is 4.90. The van der Waals surface area contributed by atoms with Gasteiger partial charge in [0.25, 0.3) is 0 Å². The molecular weight excluding hydrogens is 295 g/mol. The Morgan fingerprint density at radius 2 is 1.90 bits per heavy atom. The fraction of sp³-hybridized carbons (Fsp3) is 0.357. The molecule has 0 saturated heterocycles. The Balaban J connectivity index is 2.29. The van der Waals surface area contributed by atoms with Gasteiger partial charge in [-0.05, 0) is 56.1 Å². The molecule has 0 N–H and O–H groups in total. The first-order valence-corrected chi connectivity index (χ1v) is 7.01. The van der Waals surface area contributed by atoms with Crippen LogP contribution in [0.15, 0.2) is 18.2 Å². The fourth-order valence-electron chi connectivity index (χ4n) is 1.80. The van der Waals surface area contributed by atoms with Gasteiger partial charge in [-0.15, -0.1) is 0 Å². The van der Waals surface area contributed by atoms with Gasteiger partial charge >= 0.3 is 6.01 Å². The zero-order valence-corrected chi connectivity index (χ0v) is 12.9. The van der Waals surface area contributed by atoms with Crippen LogP contribution in [0.2, 0.25) is 5.28 Å². The van der Waals surface area contributed by atoms with Crippen molar-refractivity contribution in [2.45, 2.75) is 20.8 Å². The standard InChI is InChI=1S/C14H16ClFN4O/c1-4-20(5-2)13-17-12(15)18-14(19-13)21-10-6-7-11(16)9(3)8-10/h6-8H,4-5H2,1-3H3. The van der Waals surface area contributed by atoms with Crippen molar-refractivity contribution >= 4 is 17.5 Å². The molecule has 2 aromatic rings. The van der Waals surface area contributed by atoms with E-state index in [-0.39, 0.29) is 17.1 Å². The predicted octanol–water partition coefficient (Wildman–Crippen LogP) is 3.61. The summed E-state index contributed by atoms with van der Waals surface area (Å²) in [6, 6.07) is 4.50. The zero-order valence-electron chi connectivity index (χ0n) is 12.1. The molecular formula is C14H16ClFN4O. The van der Waals surface area contributed by atoms with Gasteiger partial charge in [0, 0.05) is 13.1 Å². The highest BCUT2D eigenvalue weighted by atomic mass is 35.5. The summed E-state index contributed by atoms with van der Waals surface area (Å²) in [5.41, 5.74) is 0.483. The fourth-order valence-corrected chi connectivity index (χ4v) is 1.95. The SMILES string of the molecule is CCN(CC)c1nc(Cl)nc(Oc2ccc(F)c(C)c2)n1. The van der Waals surface area contributed by atoms with Crippen molar-refractivity contribution in [2.24, 2.45) is 0 Å². The molecule has 1 heterocycles. The van der Waals surface area contributed by atoms with E-state index >= 15 is 0 Å². The molecule has 0 fully saturated rings. The summed E-state index contributed by atoms with van der Waals surface area (Å²) in [5.74, 6) is 0.607. The van der Waals surface area contributed by atoms with E-state index in [2.05, 4.69) is 15.0 Å². The number of rotatable bonds is 5. The Bertz CT molecular complexity index is 634. The molecule has 0 saturated carbocycles. The molecule has 0 amide bonds. The Labute approximate surface area is 127 Å². The minimum Gasteiger partial charge on any atom is -0.424 e. The van der Waals surface area contributed by atoms with Gasteiger partial charge in [-0.3, -0.25) is 0 Å². The summed E-state index contributed by atoms with van der Waals surface area (Å²) < 4.78 is 18.8. The maximum atomic E-state index is 13.2. The molecule has 2 rings (SSSR count). The first kappa shape index (κ1) is 15.4. The molecule has 7 heteroatoms. The zero-order chi connectivity index (χ0) is 15.4. The summed E-state index contributed by atoms with van der Waals surface area (Å²) in [4.78, 5) is 14.2. The van der Waals surface area contributed by atoms with E-state index in [4.69, 9.17) is 16.3 Å². The third kappa shape index (κ3) is 3.78. The molecule has 0 aliphatic carbocycles. The van der Waals surface area contributed by atoms with Gasteiger partial charge in [-0.25, -0.2) is 4.39 Å². The first-order valence-electron chi connectivity index (χ1n) is 6.64. The molecule has 0 aliphatic heterocycles. The van der Waals surface area contributed by atoms with E-state index in [0.29, 0.717) is 17.3 Å². The number of benzene rings is 1. The molecule has 0 radical (unpaired) electrons. The van der Waals surface area contributed by atoms with Crippen LogP contribution in [0.3, 0.4) is 0 Å². The number of aromatic nitrogens is 3. The normalized spacial score (nSPS) is 10.5. The smallest absolute Gasteiger partial charge is 0.328 e. The molecule has 21 heavy (non-hydrogen) atoms. The quantitative estimate of drug-likeness (QED) is 0.844. The van der Waals surface area contributed by atoms with Crippen molar-refractivity contribution in [3.63, 3.8) is 0 Å². The van der Waals surface area contributed by atoms with E-state index in [1.807, 2.05) is 18.7 Å². The molecule has 0 aliphatic rings. The van der Waals surface area contributed by atoms with Crippen LogP contribution in [0.25, 0.3) is 0 Å². The highest BCUT2D eigenvalue weighted by Crippen LogP contribution is 2.23.